The summed E-state index contributed by atoms with van der Waals surface area (Å²) in [5.74, 6) is -0.617. The van der Waals surface area contributed by atoms with E-state index in [1.807, 2.05) is 30.3 Å². The molecule has 6 aromatic rings. The predicted octanol–water partition coefficient (Wildman–Crippen LogP) is 5.22. The molecule has 2 aromatic heterocycles. The molecule has 0 aliphatic carbocycles. The number of fused-ring (bicyclic) bond motifs is 9. The Hall–Kier alpha value is -4.42. The third-order valence-corrected chi connectivity index (χ3v) is 7.53. The van der Waals surface area contributed by atoms with Crippen LogP contribution in [0, 0.1) is 0 Å². The third-order valence-electron chi connectivity index (χ3n) is 7.53. The fourth-order valence-corrected chi connectivity index (χ4v) is 6.22. The smallest absolute Gasteiger partial charge is 0.259 e. The average Bonchev–Trinajstić information content (AvgIpc) is 3.43. The van der Waals surface area contributed by atoms with E-state index in [0.29, 0.717) is 24.5 Å². The Morgan fingerprint density at radius 3 is 1.66 bits per heavy atom. The van der Waals surface area contributed by atoms with Crippen molar-refractivity contribution in [1.82, 2.24) is 19.4 Å². The van der Waals surface area contributed by atoms with E-state index < -0.39 is 0 Å². The van der Waals surface area contributed by atoms with Crippen molar-refractivity contribution in [2.24, 2.45) is 0 Å². The molecule has 0 spiro atoms. The average molecular weight is 457 g/mol. The summed E-state index contributed by atoms with van der Waals surface area (Å²) < 4.78 is 4.66. The maximum Gasteiger partial charge on any atom is 0.259 e. The second-order valence-electron chi connectivity index (χ2n) is 9.47. The highest BCUT2D eigenvalue weighted by atomic mass is 16.2. The third kappa shape index (κ3) is 2.36. The molecule has 0 atom stereocenters. The van der Waals surface area contributed by atoms with E-state index in [2.05, 4.69) is 67.9 Å². The van der Waals surface area contributed by atoms with Crippen LogP contribution in [-0.2, 0) is 19.9 Å². The van der Waals surface area contributed by atoms with E-state index in [1.165, 1.54) is 5.56 Å². The van der Waals surface area contributed by atoms with E-state index in [0.717, 1.165) is 50.2 Å². The van der Waals surface area contributed by atoms with Crippen molar-refractivity contribution >= 4 is 55.4 Å². The fourth-order valence-electron chi connectivity index (χ4n) is 6.22. The summed E-state index contributed by atoms with van der Waals surface area (Å²) in [5.41, 5.74) is 6.45. The van der Waals surface area contributed by atoms with Gasteiger partial charge in [0.05, 0.1) is 46.5 Å². The highest BCUT2D eigenvalue weighted by molar-refractivity contribution is 6.39. The molecule has 0 bridgehead atoms. The Morgan fingerprint density at radius 1 is 0.629 bits per heavy atom. The molecule has 6 nitrogen and oxygen atoms in total. The molecule has 6 heteroatoms. The van der Waals surface area contributed by atoms with Gasteiger partial charge in [-0.2, -0.15) is 0 Å². The maximum atomic E-state index is 13.2. The molecule has 0 unspecified atom stereocenters. The molecule has 1 N–H and O–H groups in total. The Labute approximate surface area is 199 Å². The molecular weight excluding hydrogens is 436 g/mol. The number of imide groups is 1. The Kier molecular flexibility index (Phi) is 3.56. The van der Waals surface area contributed by atoms with Gasteiger partial charge in [0.2, 0.25) is 0 Å². The summed E-state index contributed by atoms with van der Waals surface area (Å²) in [4.78, 5) is 28.8. The number of carbonyl (C=O) groups is 2. The van der Waals surface area contributed by atoms with Gasteiger partial charge < -0.3 is 9.13 Å². The van der Waals surface area contributed by atoms with Crippen LogP contribution in [0.1, 0.15) is 26.3 Å². The summed E-state index contributed by atoms with van der Waals surface area (Å²) in [6.07, 6.45) is 0. The van der Waals surface area contributed by atoms with Crippen LogP contribution in [0.2, 0.25) is 0 Å². The zero-order valence-corrected chi connectivity index (χ0v) is 18.8. The highest BCUT2D eigenvalue weighted by Crippen LogP contribution is 2.45. The lowest BCUT2D eigenvalue weighted by Crippen LogP contribution is -2.26. The number of benzene rings is 4. The topological polar surface area (TPSA) is 59.3 Å². The van der Waals surface area contributed by atoms with Gasteiger partial charge in [-0.3, -0.25) is 19.8 Å². The number of rotatable bonds is 2. The van der Waals surface area contributed by atoms with Gasteiger partial charge in [-0.05, 0) is 17.7 Å². The minimum atomic E-state index is -0.308. The van der Waals surface area contributed by atoms with Gasteiger partial charge in [0, 0.05) is 28.1 Å². The van der Waals surface area contributed by atoms with Gasteiger partial charge in [0.15, 0.2) is 0 Å². The maximum absolute atomic E-state index is 13.2. The summed E-state index contributed by atoms with van der Waals surface area (Å²) in [6.45, 7) is 2.15. The van der Waals surface area contributed by atoms with Crippen LogP contribution in [0.15, 0.2) is 78.9 Å². The number of hydrogen-bond acceptors (Lipinski definition) is 3. The van der Waals surface area contributed by atoms with Crippen LogP contribution < -0.4 is 5.32 Å². The molecule has 4 heterocycles. The second-order valence-corrected chi connectivity index (χ2v) is 9.47. The quantitative estimate of drug-likeness (QED) is 0.364. The van der Waals surface area contributed by atoms with Crippen molar-refractivity contribution < 1.29 is 9.59 Å². The van der Waals surface area contributed by atoms with E-state index in [4.69, 9.17) is 0 Å². The van der Waals surface area contributed by atoms with Crippen LogP contribution in [0.5, 0.6) is 0 Å². The SMILES string of the molecule is O=C1NC(=O)c2c1c1c3ccccc3n3c1c1c2c2ccccc2n1CN(Cc1ccccc1)C3. The van der Waals surface area contributed by atoms with Gasteiger partial charge >= 0.3 is 0 Å². The molecule has 2 aliphatic heterocycles. The first-order chi connectivity index (χ1) is 17.2. The predicted molar refractivity (Wildman–Crippen MR) is 136 cm³/mol. The molecule has 0 fully saturated rings. The standard InChI is InChI=1S/C29H20N4O2/c34-28-24-22-18-10-4-6-12-20(18)32-15-31(14-17-8-2-1-3-9-17)16-33-21-13-7-5-11-19(21)23(27(33)26(22)32)25(24)29(35)30-28/h1-13H,14-16H2,(H,30,34,35). The van der Waals surface area contributed by atoms with Crippen LogP contribution in [-0.4, -0.2) is 25.8 Å². The number of carbonyl (C=O) groups excluding carboxylic acids is 2. The lowest BCUT2D eigenvalue weighted by atomic mass is 9.97. The van der Waals surface area contributed by atoms with Crippen molar-refractivity contribution in [2.45, 2.75) is 19.9 Å². The minimum Gasteiger partial charge on any atom is -0.325 e. The van der Waals surface area contributed by atoms with E-state index in [1.54, 1.807) is 0 Å². The highest BCUT2D eigenvalue weighted by Gasteiger charge is 2.37. The van der Waals surface area contributed by atoms with E-state index in [9.17, 15) is 9.59 Å². The van der Waals surface area contributed by atoms with Crippen LogP contribution in [0.3, 0.4) is 0 Å². The Balaban J connectivity index is 1.58. The van der Waals surface area contributed by atoms with Crippen molar-refractivity contribution in [1.29, 1.82) is 0 Å². The molecule has 35 heavy (non-hydrogen) atoms. The van der Waals surface area contributed by atoms with Crippen molar-refractivity contribution in [2.75, 3.05) is 0 Å². The molecule has 8 rings (SSSR count). The molecule has 0 radical (unpaired) electrons. The molecule has 0 saturated carbocycles. The van der Waals surface area contributed by atoms with Crippen molar-refractivity contribution in [3.63, 3.8) is 0 Å². The van der Waals surface area contributed by atoms with Crippen LogP contribution >= 0.6 is 0 Å². The molecule has 168 valence electrons. The molecule has 0 saturated heterocycles. The van der Waals surface area contributed by atoms with Gasteiger partial charge in [0.1, 0.15) is 0 Å². The lowest BCUT2D eigenvalue weighted by Gasteiger charge is -2.23. The Morgan fingerprint density at radius 2 is 1.11 bits per heavy atom. The largest absolute Gasteiger partial charge is 0.325 e. The first-order valence-corrected chi connectivity index (χ1v) is 11.8. The fraction of sp³-hybridized carbons (Fsp3) is 0.103. The minimum absolute atomic E-state index is 0.308. The molecule has 2 amide bonds. The number of nitrogens with zero attached hydrogens (tertiary/aromatic N) is 3. The van der Waals surface area contributed by atoms with Gasteiger partial charge in [-0.15, -0.1) is 0 Å². The van der Waals surface area contributed by atoms with Crippen molar-refractivity contribution in [3.05, 3.63) is 95.6 Å². The lowest BCUT2D eigenvalue weighted by molar-refractivity contribution is 0.0880. The van der Waals surface area contributed by atoms with Gasteiger partial charge in [0.25, 0.3) is 11.8 Å². The van der Waals surface area contributed by atoms with Crippen LogP contribution in [0.25, 0.3) is 43.6 Å². The van der Waals surface area contributed by atoms with E-state index in [-0.39, 0.29) is 11.8 Å². The van der Waals surface area contributed by atoms with Crippen LogP contribution in [0.4, 0.5) is 0 Å². The summed E-state index contributed by atoms with van der Waals surface area (Å²) in [5, 5.41) is 6.34. The summed E-state index contributed by atoms with van der Waals surface area (Å²) in [7, 11) is 0. The number of amides is 2. The number of aromatic nitrogens is 2. The molecular formula is C29H20N4O2. The first kappa shape index (κ1) is 18.9. The van der Waals surface area contributed by atoms with Gasteiger partial charge in [-0.1, -0.05) is 66.7 Å². The summed E-state index contributed by atoms with van der Waals surface area (Å²) >= 11 is 0. The Bertz CT molecular complexity index is 1780. The zero-order valence-electron chi connectivity index (χ0n) is 18.8. The van der Waals surface area contributed by atoms with E-state index >= 15 is 0 Å². The normalized spacial score (nSPS) is 15.5. The number of nitrogens with one attached hydrogen (secondary N) is 1. The molecule has 2 aliphatic rings. The van der Waals surface area contributed by atoms with Gasteiger partial charge in [-0.25, -0.2) is 0 Å². The summed E-state index contributed by atoms with van der Waals surface area (Å²) in [6, 6.07) is 26.9. The first-order valence-electron chi connectivity index (χ1n) is 11.8. The number of para-hydroxylation sites is 2. The number of hydrogen-bond donors (Lipinski definition) is 1. The second kappa shape index (κ2) is 6.58. The zero-order chi connectivity index (χ0) is 23.3. The monoisotopic (exact) mass is 456 g/mol. The van der Waals surface area contributed by atoms with Crippen molar-refractivity contribution in [3.8, 4) is 0 Å². The molecule has 4 aromatic carbocycles.